The van der Waals surface area contributed by atoms with Crippen LogP contribution in [-0.2, 0) is 24.6 Å². The molecule has 0 bridgehead atoms. The van der Waals surface area contributed by atoms with E-state index in [1.165, 1.54) is 22.3 Å². The summed E-state index contributed by atoms with van der Waals surface area (Å²) in [4.78, 5) is 27.0. The van der Waals surface area contributed by atoms with Crippen LogP contribution in [0.4, 0.5) is 4.79 Å². The summed E-state index contributed by atoms with van der Waals surface area (Å²) >= 11 is 3.51. The van der Waals surface area contributed by atoms with Crippen LogP contribution in [0.5, 0.6) is 0 Å². The van der Waals surface area contributed by atoms with Gasteiger partial charge in [0.15, 0.2) is 0 Å². The number of hydrogen-bond acceptors (Lipinski definition) is 5. The molecule has 8 heteroatoms. The Labute approximate surface area is 242 Å². The fraction of sp³-hybridized carbons (Fsp3) is 0.375. The van der Waals surface area contributed by atoms with Crippen LogP contribution in [0, 0.1) is 5.41 Å². The first-order chi connectivity index (χ1) is 19.4. The number of amides is 1. The minimum Gasteiger partial charge on any atom is -0.480 e. The van der Waals surface area contributed by atoms with Gasteiger partial charge in [0, 0.05) is 42.1 Å². The summed E-state index contributed by atoms with van der Waals surface area (Å²) in [5.41, 5.74) is 4.26. The number of carbonyl (C=O) groups excluding carboxylic acids is 1. The highest BCUT2D eigenvalue weighted by Crippen LogP contribution is 2.55. The molecular formula is C32H32BrNO6. The van der Waals surface area contributed by atoms with Crippen LogP contribution in [0.3, 0.4) is 0 Å². The van der Waals surface area contributed by atoms with E-state index < -0.39 is 23.6 Å². The maximum Gasteiger partial charge on any atom is 0.409 e. The number of carbonyl (C=O) groups is 2. The van der Waals surface area contributed by atoms with Gasteiger partial charge in [-0.15, -0.1) is 0 Å². The van der Waals surface area contributed by atoms with Crippen LogP contribution in [0.25, 0.3) is 11.1 Å². The molecule has 1 amide bonds. The maximum absolute atomic E-state index is 13.6. The van der Waals surface area contributed by atoms with Crippen molar-refractivity contribution in [1.29, 1.82) is 0 Å². The number of likely N-dealkylation sites (tertiary alicyclic amines) is 1. The highest BCUT2D eigenvalue weighted by atomic mass is 79.9. The number of nitrogens with zero attached hydrogens (tertiary/aromatic N) is 1. The van der Waals surface area contributed by atoms with Crippen LogP contribution in [0.2, 0.25) is 0 Å². The summed E-state index contributed by atoms with van der Waals surface area (Å²) in [6.07, 6.45) is 1.41. The van der Waals surface area contributed by atoms with Gasteiger partial charge >= 0.3 is 12.1 Å². The van der Waals surface area contributed by atoms with Crippen LogP contribution in [-0.4, -0.2) is 61.6 Å². The predicted molar refractivity (Wildman–Crippen MR) is 153 cm³/mol. The summed E-state index contributed by atoms with van der Waals surface area (Å²) in [5.74, 6) is -1.03. The Morgan fingerprint density at radius 1 is 0.925 bits per heavy atom. The number of carboxylic acid groups (broad SMARTS) is 1. The monoisotopic (exact) mass is 605 g/mol. The van der Waals surface area contributed by atoms with Crippen molar-refractivity contribution < 1.29 is 28.9 Å². The van der Waals surface area contributed by atoms with Crippen molar-refractivity contribution in [3.63, 3.8) is 0 Å². The number of piperidine rings is 1. The largest absolute Gasteiger partial charge is 0.480 e. The molecule has 2 saturated heterocycles. The van der Waals surface area contributed by atoms with Gasteiger partial charge in [-0.1, -0.05) is 76.6 Å². The third kappa shape index (κ3) is 4.72. The van der Waals surface area contributed by atoms with Crippen molar-refractivity contribution in [2.45, 2.75) is 30.8 Å². The molecule has 40 heavy (non-hydrogen) atoms. The third-order valence-corrected chi connectivity index (χ3v) is 9.41. The molecule has 2 fully saturated rings. The molecule has 1 atom stereocenters. The topological polar surface area (TPSA) is 85.3 Å². The van der Waals surface area contributed by atoms with Crippen molar-refractivity contribution >= 4 is 28.0 Å². The first-order valence-corrected chi connectivity index (χ1v) is 14.5. The molecule has 2 heterocycles. The fourth-order valence-corrected chi connectivity index (χ4v) is 7.22. The Hall–Kier alpha value is -3.20. The molecule has 3 aliphatic rings. The molecule has 0 aromatic heterocycles. The lowest BCUT2D eigenvalue weighted by molar-refractivity contribution is -0.209. The highest BCUT2D eigenvalue weighted by molar-refractivity contribution is 9.10. The van der Waals surface area contributed by atoms with E-state index >= 15 is 0 Å². The third-order valence-electron chi connectivity index (χ3n) is 8.88. The van der Waals surface area contributed by atoms with Crippen molar-refractivity contribution in [3.8, 4) is 11.1 Å². The zero-order valence-electron chi connectivity index (χ0n) is 22.2. The molecule has 0 radical (unpaired) electrons. The van der Waals surface area contributed by atoms with Gasteiger partial charge < -0.3 is 24.2 Å². The smallest absolute Gasteiger partial charge is 0.409 e. The molecule has 6 rings (SSSR count). The average Bonchev–Trinajstić information content (AvgIpc) is 3.30. The number of fused-ring (bicyclic) bond motifs is 3. The van der Waals surface area contributed by atoms with Crippen LogP contribution >= 0.6 is 15.9 Å². The van der Waals surface area contributed by atoms with Crippen molar-refractivity contribution in [2.75, 3.05) is 39.5 Å². The first-order valence-electron chi connectivity index (χ1n) is 13.7. The van der Waals surface area contributed by atoms with Gasteiger partial charge in [-0.3, -0.25) is 0 Å². The molecule has 208 valence electrons. The van der Waals surface area contributed by atoms with Crippen molar-refractivity contribution in [1.82, 2.24) is 4.90 Å². The number of hydrogen-bond donors (Lipinski definition) is 1. The molecule has 2 aliphatic heterocycles. The van der Waals surface area contributed by atoms with Gasteiger partial charge in [-0.05, 0) is 59.2 Å². The Bertz CT molecular complexity index is 1360. The van der Waals surface area contributed by atoms with E-state index in [9.17, 15) is 14.7 Å². The summed E-state index contributed by atoms with van der Waals surface area (Å²) in [5, 5.41) is 9.55. The predicted octanol–water partition coefficient (Wildman–Crippen LogP) is 6.20. The molecular weight excluding hydrogens is 574 g/mol. The zero-order chi connectivity index (χ0) is 27.7. The minimum atomic E-state index is -1.02. The van der Waals surface area contributed by atoms with Gasteiger partial charge in [-0.25, -0.2) is 9.59 Å². The number of halogens is 1. The Morgan fingerprint density at radius 2 is 1.55 bits per heavy atom. The number of rotatable bonds is 6. The van der Waals surface area contributed by atoms with Crippen LogP contribution in [0.15, 0.2) is 77.3 Å². The maximum atomic E-state index is 13.6. The van der Waals surface area contributed by atoms with E-state index in [4.69, 9.17) is 14.2 Å². The first kappa shape index (κ1) is 27.0. The summed E-state index contributed by atoms with van der Waals surface area (Å²) in [7, 11) is 0. The highest BCUT2D eigenvalue weighted by Gasteiger charge is 2.58. The standard InChI is InChI=1S/C32H32BrNO6/c33-23-11-9-22(10-12-23)32(40-20-29(35)36)13-16-34(21-31(32)14-17-38-18-15-31)30(37)39-19-28-26-7-3-1-5-24(26)25-6-2-4-8-27(25)28/h1-12,28H,13-21H2,(H,35,36). The number of aliphatic carboxylic acids is 1. The average molecular weight is 607 g/mol. The molecule has 1 N–H and O–H groups in total. The lowest BCUT2D eigenvalue weighted by Crippen LogP contribution is -2.62. The van der Waals surface area contributed by atoms with Gasteiger partial charge in [0.2, 0.25) is 0 Å². The Balaban J connectivity index is 1.25. The van der Waals surface area contributed by atoms with Gasteiger partial charge in [0.05, 0.1) is 0 Å². The second-order valence-corrected chi connectivity index (χ2v) is 11.8. The normalized spacial score (nSPS) is 21.6. The minimum absolute atomic E-state index is 0.0149. The quantitative estimate of drug-likeness (QED) is 0.360. The van der Waals surface area contributed by atoms with E-state index in [0.717, 1.165) is 10.0 Å². The van der Waals surface area contributed by atoms with Crippen molar-refractivity contribution in [2.24, 2.45) is 5.41 Å². The molecule has 3 aromatic carbocycles. The number of ether oxygens (including phenoxy) is 3. The van der Waals surface area contributed by atoms with Crippen molar-refractivity contribution in [3.05, 3.63) is 94.0 Å². The lowest BCUT2D eigenvalue weighted by Gasteiger charge is -2.57. The van der Waals surface area contributed by atoms with Crippen LogP contribution in [0.1, 0.15) is 41.9 Å². The zero-order valence-corrected chi connectivity index (χ0v) is 23.8. The molecule has 0 saturated carbocycles. The SMILES string of the molecule is O=C(O)COC1(c2ccc(Br)cc2)CCN(C(=O)OCC2c3ccccc3-c3ccccc32)CC12CCOCC2. The van der Waals surface area contributed by atoms with Crippen LogP contribution < -0.4 is 0 Å². The fourth-order valence-electron chi connectivity index (χ4n) is 6.96. The van der Waals surface area contributed by atoms with Gasteiger partial charge in [-0.2, -0.15) is 0 Å². The Kier molecular flexibility index (Phi) is 7.42. The van der Waals surface area contributed by atoms with Gasteiger partial charge in [0.25, 0.3) is 0 Å². The second-order valence-electron chi connectivity index (χ2n) is 10.9. The van der Waals surface area contributed by atoms with E-state index in [1.807, 2.05) is 48.5 Å². The molecule has 1 unspecified atom stereocenters. The van der Waals surface area contributed by atoms with E-state index in [1.54, 1.807) is 4.90 Å². The molecule has 3 aromatic rings. The second kappa shape index (κ2) is 11.0. The van der Waals surface area contributed by atoms with E-state index in [-0.39, 0.29) is 18.6 Å². The summed E-state index contributed by atoms with van der Waals surface area (Å²) in [6.45, 7) is 1.69. The molecule has 1 aliphatic carbocycles. The number of benzene rings is 3. The lowest BCUT2D eigenvalue weighted by atomic mass is 9.60. The molecule has 1 spiro atoms. The summed E-state index contributed by atoms with van der Waals surface area (Å²) in [6, 6.07) is 24.5. The van der Waals surface area contributed by atoms with E-state index in [0.29, 0.717) is 45.6 Å². The van der Waals surface area contributed by atoms with Gasteiger partial charge in [0.1, 0.15) is 18.8 Å². The summed E-state index contributed by atoms with van der Waals surface area (Å²) < 4.78 is 19.0. The Morgan fingerprint density at radius 3 is 2.17 bits per heavy atom. The number of carboxylic acids is 1. The van der Waals surface area contributed by atoms with E-state index in [2.05, 4.69) is 40.2 Å². The molecule has 7 nitrogen and oxygen atoms in total.